The predicted molar refractivity (Wildman–Crippen MR) is 98.9 cm³/mol. The molecule has 1 atom stereocenters. The van der Waals surface area contributed by atoms with Crippen LogP contribution in [0.15, 0.2) is 42.5 Å². The van der Waals surface area contributed by atoms with Crippen LogP contribution in [0.4, 0.5) is 5.69 Å². The number of methoxy groups -OCH3 is 2. The van der Waals surface area contributed by atoms with Gasteiger partial charge in [0, 0.05) is 24.9 Å². The summed E-state index contributed by atoms with van der Waals surface area (Å²) in [6, 6.07) is 12.3. The Labute approximate surface area is 155 Å². The highest BCUT2D eigenvalue weighted by Crippen LogP contribution is 2.27. The lowest BCUT2D eigenvalue weighted by atomic mass is 10.1. The second kappa shape index (κ2) is 9.21. The van der Waals surface area contributed by atoms with Crippen molar-refractivity contribution < 1.29 is 23.0 Å². The molecule has 0 aliphatic rings. The molecule has 2 aromatic rings. The lowest BCUT2D eigenvalue weighted by Gasteiger charge is -2.24. The Hall–Kier alpha value is -2.58. The molecule has 1 unspecified atom stereocenters. The Kier molecular flexibility index (Phi) is 6.99. The van der Waals surface area contributed by atoms with Crippen molar-refractivity contribution in [3.05, 3.63) is 53.6 Å². The summed E-state index contributed by atoms with van der Waals surface area (Å²) in [6.45, 7) is 0.226. The number of amides is 1. The van der Waals surface area contributed by atoms with Gasteiger partial charge < -0.3 is 23.6 Å². The van der Waals surface area contributed by atoms with E-state index in [-0.39, 0.29) is 18.9 Å². The Morgan fingerprint density at radius 1 is 1.15 bits per heavy atom. The number of carbonyl (C=O) groups is 1. The van der Waals surface area contributed by atoms with E-state index in [2.05, 4.69) is 5.32 Å². The Bertz CT molecular complexity index is 797. The highest BCUT2D eigenvalue weighted by atomic mass is 32.2. The minimum absolute atomic E-state index is 0.172. The fraction of sp³-hybridized carbons (Fsp3) is 0.278. The average molecular weight is 377 g/mol. The van der Waals surface area contributed by atoms with Crippen molar-refractivity contribution in [2.75, 3.05) is 25.6 Å². The van der Waals surface area contributed by atoms with Crippen molar-refractivity contribution in [3.8, 4) is 11.5 Å². The van der Waals surface area contributed by atoms with Crippen LogP contribution in [0.3, 0.4) is 0 Å². The quantitative estimate of drug-likeness (QED) is 0.708. The molecule has 26 heavy (non-hydrogen) atoms. The summed E-state index contributed by atoms with van der Waals surface area (Å²) >= 11 is -2.38. The van der Waals surface area contributed by atoms with E-state index in [1.165, 1.54) is 14.2 Å². The van der Waals surface area contributed by atoms with Gasteiger partial charge in [0.25, 0.3) is 0 Å². The van der Waals surface area contributed by atoms with Crippen molar-refractivity contribution in [2.24, 2.45) is 0 Å². The molecule has 0 heterocycles. The van der Waals surface area contributed by atoms with Crippen LogP contribution in [0.5, 0.6) is 11.5 Å². The van der Waals surface area contributed by atoms with E-state index in [4.69, 9.17) is 9.47 Å². The maximum Gasteiger partial charge on any atom is 0.224 e. The van der Waals surface area contributed by atoms with Crippen molar-refractivity contribution in [1.82, 2.24) is 5.32 Å². The third-order valence-electron chi connectivity index (χ3n) is 3.84. The topological polar surface area (TPSA) is 90.9 Å². The van der Waals surface area contributed by atoms with E-state index >= 15 is 0 Å². The second-order valence-electron chi connectivity index (χ2n) is 5.49. The average Bonchev–Trinajstić information content (AvgIpc) is 2.65. The van der Waals surface area contributed by atoms with Gasteiger partial charge in [-0.3, -0.25) is 9.00 Å². The van der Waals surface area contributed by atoms with Gasteiger partial charge in [-0.1, -0.05) is 24.3 Å². The first kappa shape index (κ1) is 19.7. The maximum atomic E-state index is 12.2. The second-order valence-corrected chi connectivity index (χ2v) is 6.47. The molecule has 0 spiro atoms. The Morgan fingerprint density at radius 3 is 2.50 bits per heavy atom. The normalized spacial score (nSPS) is 11.5. The molecule has 0 saturated heterocycles. The molecule has 0 aliphatic carbocycles. The summed E-state index contributed by atoms with van der Waals surface area (Å²) in [5, 5.41) is 2.81. The zero-order valence-corrected chi connectivity index (χ0v) is 15.7. The molecule has 0 saturated carbocycles. The zero-order chi connectivity index (χ0) is 19.1. The van der Waals surface area contributed by atoms with E-state index in [9.17, 15) is 13.6 Å². The first-order chi connectivity index (χ1) is 12.5. The van der Waals surface area contributed by atoms with Crippen LogP contribution in [-0.4, -0.2) is 35.9 Å². The summed E-state index contributed by atoms with van der Waals surface area (Å²) in [7, 11) is 4.54. The molecule has 0 radical (unpaired) electrons. The molecule has 7 nitrogen and oxygen atoms in total. The van der Waals surface area contributed by atoms with Crippen molar-refractivity contribution >= 4 is 22.9 Å². The summed E-state index contributed by atoms with van der Waals surface area (Å²) in [4.78, 5) is 12.2. The van der Waals surface area contributed by atoms with Gasteiger partial charge in [-0.15, -0.1) is 0 Å². The number of anilines is 1. The van der Waals surface area contributed by atoms with E-state index in [1.54, 1.807) is 49.6 Å². The molecule has 140 valence electrons. The van der Waals surface area contributed by atoms with Crippen LogP contribution in [0.2, 0.25) is 0 Å². The first-order valence-electron chi connectivity index (χ1n) is 7.85. The maximum absolute atomic E-state index is 12.2. The van der Waals surface area contributed by atoms with Gasteiger partial charge in [0.15, 0.2) is 11.5 Å². The van der Waals surface area contributed by atoms with Crippen molar-refractivity contribution in [3.63, 3.8) is 0 Å². The summed E-state index contributed by atoms with van der Waals surface area (Å²) in [5.41, 5.74) is 2.01. The first-order valence-corrected chi connectivity index (χ1v) is 8.88. The van der Waals surface area contributed by atoms with Crippen LogP contribution in [0.1, 0.15) is 11.1 Å². The van der Waals surface area contributed by atoms with E-state index in [0.29, 0.717) is 22.7 Å². The minimum Gasteiger partial charge on any atom is -0.755 e. The van der Waals surface area contributed by atoms with Gasteiger partial charge >= 0.3 is 0 Å². The summed E-state index contributed by atoms with van der Waals surface area (Å²) in [5.74, 6) is 0.972. The van der Waals surface area contributed by atoms with Crippen molar-refractivity contribution in [1.29, 1.82) is 0 Å². The summed E-state index contributed by atoms with van der Waals surface area (Å²) < 4.78 is 33.8. The highest BCUT2D eigenvalue weighted by molar-refractivity contribution is 7.80. The standard InChI is InChI=1S/C18H22N2O5S/c1-20(26(22)23)15-7-5-4-6-14(15)12-19-18(21)11-13-8-9-16(24-2)17(10-13)25-3/h4-10H,11-12H2,1-3H3,(H,19,21)(H,22,23)/p-1. The van der Waals surface area contributed by atoms with Crippen LogP contribution >= 0.6 is 0 Å². The molecular weight excluding hydrogens is 356 g/mol. The van der Waals surface area contributed by atoms with Gasteiger partial charge in [-0.25, -0.2) is 0 Å². The summed E-state index contributed by atoms with van der Waals surface area (Å²) in [6.07, 6.45) is 0.172. The number of rotatable bonds is 8. The highest BCUT2D eigenvalue weighted by Gasteiger charge is 2.11. The molecular formula is C18H21N2O5S-. The largest absolute Gasteiger partial charge is 0.755 e. The minimum atomic E-state index is -2.38. The van der Waals surface area contributed by atoms with Gasteiger partial charge in [0.1, 0.15) is 0 Å². The molecule has 0 bridgehead atoms. The molecule has 0 fully saturated rings. The number of hydrogen-bond donors (Lipinski definition) is 1. The van der Waals surface area contributed by atoms with Gasteiger partial charge in [0.2, 0.25) is 5.91 Å². The van der Waals surface area contributed by atoms with Gasteiger partial charge in [0.05, 0.1) is 26.3 Å². The van der Waals surface area contributed by atoms with E-state index < -0.39 is 11.3 Å². The molecule has 2 rings (SSSR count). The molecule has 8 heteroatoms. The number of nitrogens with zero attached hydrogens (tertiary/aromatic N) is 1. The fourth-order valence-corrected chi connectivity index (χ4v) is 2.82. The number of para-hydroxylation sites is 1. The molecule has 2 aromatic carbocycles. The third kappa shape index (κ3) is 4.96. The van der Waals surface area contributed by atoms with E-state index in [1.807, 2.05) is 0 Å². The van der Waals surface area contributed by atoms with Gasteiger partial charge in [-0.2, -0.15) is 0 Å². The zero-order valence-electron chi connectivity index (χ0n) is 14.9. The number of ether oxygens (including phenoxy) is 2. The number of carbonyl (C=O) groups excluding carboxylic acids is 1. The van der Waals surface area contributed by atoms with Crippen molar-refractivity contribution in [2.45, 2.75) is 13.0 Å². The molecule has 1 N–H and O–H groups in total. The molecule has 1 amide bonds. The lowest BCUT2D eigenvalue weighted by molar-refractivity contribution is -0.120. The number of nitrogens with one attached hydrogen (secondary N) is 1. The van der Waals surface area contributed by atoms with Crippen LogP contribution < -0.4 is 19.1 Å². The van der Waals surface area contributed by atoms with Crippen LogP contribution in [0.25, 0.3) is 0 Å². The molecule has 0 aliphatic heterocycles. The van der Waals surface area contributed by atoms with Crippen LogP contribution in [0, 0.1) is 0 Å². The number of hydrogen-bond acceptors (Lipinski definition) is 5. The fourth-order valence-electron chi connectivity index (χ4n) is 2.48. The smallest absolute Gasteiger partial charge is 0.224 e. The SMILES string of the molecule is COc1ccc(CC(=O)NCc2ccccc2N(C)S(=O)[O-])cc1OC. The van der Waals surface area contributed by atoms with E-state index in [0.717, 1.165) is 9.87 Å². The monoisotopic (exact) mass is 377 g/mol. The predicted octanol–water partition coefficient (Wildman–Crippen LogP) is 1.79. The Balaban J connectivity index is 2.03. The number of benzene rings is 2. The van der Waals surface area contributed by atoms with Gasteiger partial charge in [-0.05, 0) is 29.3 Å². The third-order valence-corrected chi connectivity index (χ3v) is 4.49. The van der Waals surface area contributed by atoms with Crippen LogP contribution in [-0.2, 0) is 29.0 Å². The Morgan fingerprint density at radius 2 is 1.85 bits per heavy atom. The lowest BCUT2D eigenvalue weighted by Crippen LogP contribution is -2.27. The molecule has 0 aromatic heterocycles.